The van der Waals surface area contributed by atoms with Crippen LogP contribution in [0.25, 0.3) is 0 Å². The van der Waals surface area contributed by atoms with Crippen LogP contribution < -0.4 is 0 Å². The zero-order valence-corrected chi connectivity index (χ0v) is 25.5. The molecule has 0 radical (unpaired) electrons. The van der Waals surface area contributed by atoms with Crippen molar-refractivity contribution in [2.45, 2.75) is 69.9 Å². The summed E-state index contributed by atoms with van der Waals surface area (Å²) in [7, 11) is -28.9. The quantitative estimate of drug-likeness (QED) is 0.110. The molecule has 0 amide bonds. The maximum atomic E-state index is 14.5. The van der Waals surface area contributed by atoms with Crippen LogP contribution in [0, 0.1) is 0 Å². The van der Waals surface area contributed by atoms with Crippen molar-refractivity contribution < 1.29 is 145 Å². The number of sulfone groups is 3. The second-order valence-electron chi connectivity index (χ2n) is 8.78. The lowest BCUT2D eigenvalue weighted by atomic mass is 10.3. The fraction of sp³-hybridized carbons (Fsp3) is 0.750. The molecule has 0 N–H and O–H groups in total. The number of hydrogen-bond acceptors (Lipinski definition) is 10. The first-order chi connectivity index (χ1) is 22.2. The van der Waals surface area contributed by atoms with E-state index in [1.165, 1.54) is 0 Å². The lowest BCUT2D eigenvalue weighted by molar-refractivity contribution is -0.450. The standard InChI is InChI=1S/C16H7F23O10S3/c1-8(23,10(25,26)46-5(21)3(17)18)48-12(29,30)14(33,34)50(40,41)7(52(44,45)16(37,38)39)51(42,43)15(35,36)13(31,32)49-9(2,24)11(27,28)47-6(22)4(19)20/h7H,1-2H3. The topological polar surface area (TPSA) is 139 Å². The largest absolute Gasteiger partial charge is 0.499 e. The Balaban J connectivity index is 7.75. The van der Waals surface area contributed by atoms with Crippen LogP contribution in [0.1, 0.15) is 13.8 Å². The van der Waals surface area contributed by atoms with Crippen LogP contribution >= 0.6 is 0 Å². The number of rotatable bonds is 17. The van der Waals surface area contributed by atoms with E-state index in [1.807, 2.05) is 9.47 Å². The summed E-state index contributed by atoms with van der Waals surface area (Å²) in [5, 5.41) is -17.2. The molecule has 0 aliphatic carbocycles. The molecule has 0 bridgehead atoms. The van der Waals surface area contributed by atoms with Gasteiger partial charge in [-0.2, -0.15) is 92.2 Å². The minimum absolute atomic E-state index is 1.45. The SMILES string of the molecule is CC(F)(OC(F)(F)C(F)(F)S(=O)(=O)C(S(=O)(=O)C(F)(F)F)S(=O)(=O)C(F)(F)C(F)(F)OC(C)(F)C(F)(F)OC(F)=C(F)F)C(F)(F)OC(F)=C(F)F. The van der Waals surface area contributed by atoms with Crippen LogP contribution in [0.2, 0.25) is 0 Å². The first kappa shape index (κ1) is 49.2. The van der Waals surface area contributed by atoms with E-state index in [0.29, 0.717) is 0 Å². The molecule has 0 aromatic rings. The van der Waals surface area contributed by atoms with Gasteiger partial charge >= 0.3 is 76.3 Å². The van der Waals surface area contributed by atoms with Crippen LogP contribution in [0.15, 0.2) is 24.2 Å². The third-order valence-electron chi connectivity index (χ3n) is 4.89. The molecule has 52 heavy (non-hydrogen) atoms. The Morgan fingerprint density at radius 3 is 0.846 bits per heavy atom. The molecule has 0 aromatic heterocycles. The Bertz CT molecular complexity index is 1630. The minimum Gasteiger partial charge on any atom is -0.398 e. The summed E-state index contributed by atoms with van der Waals surface area (Å²) in [6.45, 7) is -2.90. The number of hydrogen-bond donors (Lipinski definition) is 0. The van der Waals surface area contributed by atoms with E-state index in [1.54, 1.807) is 0 Å². The van der Waals surface area contributed by atoms with Gasteiger partial charge in [-0.15, -0.1) is 0 Å². The summed E-state index contributed by atoms with van der Waals surface area (Å²) in [5.74, 6) is -12.9. The van der Waals surface area contributed by atoms with Crippen molar-refractivity contribution in [3.8, 4) is 0 Å². The van der Waals surface area contributed by atoms with Gasteiger partial charge in [-0.1, -0.05) is 0 Å². The van der Waals surface area contributed by atoms with E-state index >= 15 is 0 Å². The summed E-state index contributed by atoms with van der Waals surface area (Å²) in [6, 6.07) is -7.98. The highest BCUT2D eigenvalue weighted by Gasteiger charge is 2.83. The molecule has 310 valence electrons. The van der Waals surface area contributed by atoms with E-state index in [4.69, 9.17) is 0 Å². The van der Waals surface area contributed by atoms with Crippen molar-refractivity contribution >= 4 is 29.5 Å². The highest BCUT2D eigenvalue weighted by molar-refractivity contribution is 8.25. The smallest absolute Gasteiger partial charge is 0.398 e. The number of ether oxygens (including phenoxy) is 4. The molecule has 0 saturated heterocycles. The Kier molecular flexibility index (Phi) is 13.1. The maximum absolute atomic E-state index is 14.5. The zero-order valence-electron chi connectivity index (χ0n) is 23.1. The van der Waals surface area contributed by atoms with E-state index < -0.39 is 124 Å². The zero-order chi connectivity index (χ0) is 42.7. The summed E-state index contributed by atoms with van der Waals surface area (Å²) >= 11 is 0. The Labute approximate surface area is 269 Å². The van der Waals surface area contributed by atoms with E-state index in [0.717, 1.165) is 0 Å². The van der Waals surface area contributed by atoms with Crippen LogP contribution in [-0.4, -0.2) is 81.3 Å². The minimum atomic E-state index is -9.79. The predicted molar refractivity (Wildman–Crippen MR) is 110 cm³/mol. The van der Waals surface area contributed by atoms with Crippen molar-refractivity contribution in [1.82, 2.24) is 0 Å². The normalized spacial score (nSPS) is 17.8. The maximum Gasteiger partial charge on any atom is 0.499 e. The molecule has 0 saturated carbocycles. The lowest BCUT2D eigenvalue weighted by Crippen LogP contribution is -2.64. The average Bonchev–Trinajstić information content (AvgIpc) is 2.84. The number of halogens is 23. The third-order valence-corrected chi connectivity index (χ3v) is 13.5. The molecule has 0 aromatic carbocycles. The van der Waals surface area contributed by atoms with Gasteiger partial charge in [0.2, 0.25) is 0 Å². The highest BCUT2D eigenvalue weighted by Crippen LogP contribution is 2.54. The van der Waals surface area contributed by atoms with Crippen LogP contribution in [0.5, 0.6) is 0 Å². The summed E-state index contributed by atoms with van der Waals surface area (Å²) in [5.41, 5.74) is -8.05. The van der Waals surface area contributed by atoms with Crippen LogP contribution in [0.3, 0.4) is 0 Å². The van der Waals surface area contributed by atoms with Gasteiger partial charge in [-0.25, -0.2) is 34.0 Å². The molecule has 0 rings (SSSR count). The number of alkyl halides is 17. The first-order valence-corrected chi connectivity index (χ1v) is 15.4. The second kappa shape index (κ2) is 13.8. The van der Waals surface area contributed by atoms with E-state index in [9.17, 15) is 126 Å². The van der Waals surface area contributed by atoms with Crippen LogP contribution in [-0.2, 0) is 48.5 Å². The molecular formula is C16H7F23O10S3. The van der Waals surface area contributed by atoms with Gasteiger partial charge in [0.05, 0.1) is 0 Å². The van der Waals surface area contributed by atoms with Crippen molar-refractivity contribution in [2.24, 2.45) is 0 Å². The summed E-state index contributed by atoms with van der Waals surface area (Å²) < 4.78 is 382. The van der Waals surface area contributed by atoms with Crippen molar-refractivity contribution in [3.63, 3.8) is 0 Å². The summed E-state index contributed by atoms with van der Waals surface area (Å²) in [4.78, 5) is 0. The molecule has 2 unspecified atom stereocenters. The fourth-order valence-electron chi connectivity index (χ4n) is 2.39. The molecule has 10 nitrogen and oxygen atoms in total. The summed E-state index contributed by atoms with van der Waals surface area (Å²) in [6.07, 6.45) is -38.3. The third kappa shape index (κ3) is 8.62. The lowest BCUT2D eigenvalue weighted by Gasteiger charge is -2.37. The van der Waals surface area contributed by atoms with Gasteiger partial charge in [0.25, 0.3) is 33.4 Å². The van der Waals surface area contributed by atoms with Gasteiger partial charge in [-0.05, 0) is 0 Å². The Morgan fingerprint density at radius 1 is 0.423 bits per heavy atom. The highest BCUT2D eigenvalue weighted by atomic mass is 32.3. The molecule has 0 heterocycles. The van der Waals surface area contributed by atoms with Gasteiger partial charge in [0.1, 0.15) is 0 Å². The predicted octanol–water partition coefficient (Wildman–Crippen LogP) is 7.10. The van der Waals surface area contributed by atoms with Gasteiger partial charge in [0, 0.05) is 13.8 Å². The van der Waals surface area contributed by atoms with Gasteiger partial charge in [0.15, 0.2) is 0 Å². The van der Waals surface area contributed by atoms with E-state index in [2.05, 4.69) is 9.47 Å². The van der Waals surface area contributed by atoms with Crippen molar-refractivity contribution in [1.29, 1.82) is 0 Å². The van der Waals surface area contributed by atoms with Gasteiger partial charge in [-0.3, -0.25) is 9.47 Å². The molecule has 0 aliphatic rings. The molecule has 0 aliphatic heterocycles. The molecule has 0 spiro atoms. The second-order valence-corrected chi connectivity index (χ2v) is 15.8. The van der Waals surface area contributed by atoms with Gasteiger partial charge < -0.3 is 9.47 Å². The average molecular weight is 892 g/mol. The van der Waals surface area contributed by atoms with Crippen molar-refractivity contribution in [3.05, 3.63) is 24.2 Å². The first-order valence-electron chi connectivity index (χ1n) is 10.8. The van der Waals surface area contributed by atoms with Crippen molar-refractivity contribution in [2.75, 3.05) is 0 Å². The molecule has 2 atom stereocenters. The Hall–Kier alpha value is -2.76. The van der Waals surface area contributed by atoms with E-state index in [-0.39, 0.29) is 0 Å². The Morgan fingerprint density at radius 2 is 0.654 bits per heavy atom. The molecular weight excluding hydrogens is 885 g/mol. The fourth-order valence-corrected chi connectivity index (χ4v) is 9.94. The molecule has 0 fully saturated rings. The van der Waals surface area contributed by atoms with Crippen LogP contribution in [0.4, 0.5) is 101 Å². The molecule has 36 heteroatoms. The monoisotopic (exact) mass is 892 g/mol.